The van der Waals surface area contributed by atoms with E-state index >= 15 is 0 Å². The molecule has 0 saturated carbocycles. The maximum atomic E-state index is 12.4. The van der Waals surface area contributed by atoms with Crippen LogP contribution in [0.25, 0.3) is 10.9 Å². The van der Waals surface area contributed by atoms with Crippen molar-refractivity contribution in [2.45, 2.75) is 0 Å². The lowest BCUT2D eigenvalue weighted by Crippen LogP contribution is -2.15. The van der Waals surface area contributed by atoms with Gasteiger partial charge in [0.1, 0.15) is 5.75 Å². The highest BCUT2D eigenvalue weighted by atomic mass is 16.3. The number of pyridine rings is 1. The van der Waals surface area contributed by atoms with Crippen LogP contribution in [0.15, 0.2) is 54.7 Å². The topological polar surface area (TPSA) is 105 Å². The molecule has 0 aliphatic heterocycles. The Labute approximate surface area is 131 Å². The maximum Gasteiger partial charge on any atom is 0.255 e. The Hall–Kier alpha value is -3.41. The number of hydrogen-bond donors (Lipinski definition) is 3. The number of phenolic OH excluding ortho intramolecular Hbond substituents is 1. The number of phenols is 1. The third-order valence-corrected chi connectivity index (χ3v) is 3.35. The Morgan fingerprint density at radius 1 is 1.04 bits per heavy atom. The fourth-order valence-electron chi connectivity index (χ4n) is 2.28. The van der Waals surface area contributed by atoms with E-state index in [4.69, 9.17) is 5.73 Å². The van der Waals surface area contributed by atoms with Crippen LogP contribution in [0.4, 0.5) is 5.69 Å². The lowest BCUT2D eigenvalue weighted by Gasteiger charge is -2.09. The van der Waals surface area contributed by atoms with Gasteiger partial charge in [-0.05, 0) is 30.3 Å². The molecular weight excluding hydrogens is 294 g/mol. The van der Waals surface area contributed by atoms with Crippen molar-refractivity contribution in [3.05, 3.63) is 65.9 Å². The fourth-order valence-corrected chi connectivity index (χ4v) is 2.28. The van der Waals surface area contributed by atoms with E-state index in [2.05, 4.69) is 10.3 Å². The standard InChI is InChI=1S/C17H13N3O3/c18-16(22)11-7-12(9-13(21)8-11)17(23)20-14-5-1-3-10-4-2-6-19-15(10)14/h1-9,21H,(H2,18,22)(H,20,23). The van der Waals surface area contributed by atoms with E-state index in [0.29, 0.717) is 11.2 Å². The Morgan fingerprint density at radius 2 is 1.78 bits per heavy atom. The van der Waals surface area contributed by atoms with Crippen LogP contribution in [0.5, 0.6) is 5.75 Å². The van der Waals surface area contributed by atoms with Crippen molar-refractivity contribution in [2.75, 3.05) is 5.32 Å². The zero-order chi connectivity index (χ0) is 16.4. The second-order valence-corrected chi connectivity index (χ2v) is 4.97. The molecule has 0 aliphatic rings. The van der Waals surface area contributed by atoms with Crippen molar-refractivity contribution >= 4 is 28.4 Å². The number of nitrogens with two attached hydrogens (primary N) is 1. The van der Waals surface area contributed by atoms with Crippen LogP contribution in [0.3, 0.4) is 0 Å². The van der Waals surface area contributed by atoms with E-state index < -0.39 is 11.8 Å². The highest BCUT2D eigenvalue weighted by molar-refractivity contribution is 6.09. The smallest absolute Gasteiger partial charge is 0.255 e. The largest absolute Gasteiger partial charge is 0.508 e. The van der Waals surface area contributed by atoms with Crippen LogP contribution < -0.4 is 11.1 Å². The summed E-state index contributed by atoms with van der Waals surface area (Å²) in [6, 6.07) is 12.9. The zero-order valence-corrected chi connectivity index (χ0v) is 12.0. The quantitative estimate of drug-likeness (QED) is 0.690. The number of aromatic hydroxyl groups is 1. The highest BCUT2D eigenvalue weighted by Crippen LogP contribution is 2.22. The molecule has 6 heteroatoms. The summed E-state index contributed by atoms with van der Waals surface area (Å²) in [5, 5.41) is 13.2. The average Bonchev–Trinajstić information content (AvgIpc) is 2.54. The van der Waals surface area contributed by atoms with Gasteiger partial charge in [-0.15, -0.1) is 0 Å². The zero-order valence-electron chi connectivity index (χ0n) is 12.0. The summed E-state index contributed by atoms with van der Waals surface area (Å²) in [5.41, 5.74) is 6.57. The molecule has 0 spiro atoms. The molecule has 1 aromatic heterocycles. The number of primary amides is 1. The number of nitrogens with zero attached hydrogens (tertiary/aromatic N) is 1. The predicted octanol–water partition coefficient (Wildman–Crippen LogP) is 2.29. The molecule has 114 valence electrons. The van der Waals surface area contributed by atoms with E-state index in [1.165, 1.54) is 18.2 Å². The van der Waals surface area contributed by atoms with Gasteiger partial charge >= 0.3 is 0 Å². The van der Waals surface area contributed by atoms with E-state index in [0.717, 1.165) is 5.39 Å². The molecule has 0 saturated heterocycles. The van der Waals surface area contributed by atoms with E-state index in [-0.39, 0.29) is 16.9 Å². The molecule has 2 aromatic carbocycles. The maximum absolute atomic E-state index is 12.4. The van der Waals surface area contributed by atoms with Crippen molar-refractivity contribution < 1.29 is 14.7 Å². The minimum Gasteiger partial charge on any atom is -0.508 e. The lowest BCUT2D eigenvalue weighted by molar-refractivity contribution is 0.1000. The van der Waals surface area contributed by atoms with Gasteiger partial charge in [-0.25, -0.2) is 0 Å². The van der Waals surface area contributed by atoms with E-state index in [1.807, 2.05) is 18.2 Å². The van der Waals surface area contributed by atoms with Crippen molar-refractivity contribution in [3.8, 4) is 5.75 Å². The van der Waals surface area contributed by atoms with Gasteiger partial charge in [0.25, 0.3) is 5.91 Å². The Kier molecular flexibility index (Phi) is 3.64. The predicted molar refractivity (Wildman–Crippen MR) is 86.3 cm³/mol. The molecule has 1 heterocycles. The Balaban J connectivity index is 1.97. The van der Waals surface area contributed by atoms with Crippen LogP contribution >= 0.6 is 0 Å². The number of aromatic nitrogens is 1. The molecule has 0 aliphatic carbocycles. The lowest BCUT2D eigenvalue weighted by atomic mass is 10.1. The first-order chi connectivity index (χ1) is 11.0. The van der Waals surface area contributed by atoms with Crippen LogP contribution in [-0.2, 0) is 0 Å². The normalized spacial score (nSPS) is 10.4. The van der Waals surface area contributed by atoms with Crippen LogP contribution in [-0.4, -0.2) is 21.9 Å². The third-order valence-electron chi connectivity index (χ3n) is 3.35. The van der Waals surface area contributed by atoms with Gasteiger partial charge in [0.2, 0.25) is 5.91 Å². The van der Waals surface area contributed by atoms with Crippen LogP contribution in [0.1, 0.15) is 20.7 Å². The van der Waals surface area contributed by atoms with Gasteiger partial charge in [-0.2, -0.15) is 0 Å². The molecule has 4 N–H and O–H groups in total. The average molecular weight is 307 g/mol. The number of nitrogens with one attached hydrogen (secondary N) is 1. The number of fused-ring (bicyclic) bond motifs is 1. The van der Waals surface area contributed by atoms with Gasteiger partial charge in [0, 0.05) is 22.7 Å². The minimum absolute atomic E-state index is 0.0613. The number of carbonyl (C=O) groups excluding carboxylic acids is 2. The summed E-state index contributed by atoms with van der Waals surface area (Å²) in [7, 11) is 0. The minimum atomic E-state index is -0.721. The molecule has 23 heavy (non-hydrogen) atoms. The van der Waals surface area contributed by atoms with Crippen molar-refractivity contribution in [1.82, 2.24) is 4.98 Å². The first kappa shape index (κ1) is 14.5. The van der Waals surface area contributed by atoms with Gasteiger partial charge in [0.15, 0.2) is 0 Å². The highest BCUT2D eigenvalue weighted by Gasteiger charge is 2.13. The number of rotatable bonds is 3. The molecule has 2 amide bonds. The SMILES string of the molecule is NC(=O)c1cc(O)cc(C(=O)Nc2cccc3cccnc23)c1. The summed E-state index contributed by atoms with van der Waals surface area (Å²) >= 11 is 0. The van der Waals surface area contributed by atoms with Gasteiger partial charge in [-0.3, -0.25) is 14.6 Å². The second-order valence-electron chi connectivity index (χ2n) is 4.97. The molecule has 6 nitrogen and oxygen atoms in total. The molecule has 0 radical (unpaired) electrons. The summed E-state index contributed by atoms with van der Waals surface area (Å²) in [5.74, 6) is -1.40. The Morgan fingerprint density at radius 3 is 2.57 bits per heavy atom. The number of anilines is 1. The monoisotopic (exact) mass is 307 g/mol. The number of para-hydroxylation sites is 1. The third kappa shape index (κ3) is 2.96. The van der Waals surface area contributed by atoms with Crippen LogP contribution in [0, 0.1) is 0 Å². The number of carbonyl (C=O) groups is 2. The first-order valence-corrected chi connectivity index (χ1v) is 6.83. The fraction of sp³-hybridized carbons (Fsp3) is 0. The first-order valence-electron chi connectivity index (χ1n) is 6.83. The summed E-state index contributed by atoms with van der Waals surface area (Å²) in [6.45, 7) is 0. The molecule has 0 unspecified atom stereocenters. The van der Waals surface area contributed by atoms with Gasteiger partial charge in [0.05, 0.1) is 11.2 Å². The van der Waals surface area contributed by atoms with Crippen LogP contribution in [0.2, 0.25) is 0 Å². The summed E-state index contributed by atoms with van der Waals surface area (Å²) in [4.78, 5) is 27.9. The molecule has 3 rings (SSSR count). The summed E-state index contributed by atoms with van der Waals surface area (Å²) in [6.07, 6.45) is 1.64. The number of amides is 2. The van der Waals surface area contributed by atoms with E-state index in [9.17, 15) is 14.7 Å². The molecule has 0 bridgehead atoms. The molecular formula is C17H13N3O3. The number of hydrogen-bond acceptors (Lipinski definition) is 4. The molecule has 0 fully saturated rings. The molecule has 0 atom stereocenters. The van der Waals surface area contributed by atoms with Crippen molar-refractivity contribution in [2.24, 2.45) is 5.73 Å². The number of benzene rings is 2. The molecule has 3 aromatic rings. The second kappa shape index (κ2) is 5.76. The van der Waals surface area contributed by atoms with E-state index in [1.54, 1.807) is 18.3 Å². The van der Waals surface area contributed by atoms with Gasteiger partial charge in [-0.1, -0.05) is 18.2 Å². The van der Waals surface area contributed by atoms with Crippen molar-refractivity contribution in [3.63, 3.8) is 0 Å². The summed E-state index contributed by atoms with van der Waals surface area (Å²) < 4.78 is 0. The Bertz CT molecular complexity index is 917. The van der Waals surface area contributed by atoms with Gasteiger partial charge < -0.3 is 16.2 Å². The van der Waals surface area contributed by atoms with Crippen molar-refractivity contribution in [1.29, 1.82) is 0 Å².